The molecule has 0 saturated heterocycles. The third kappa shape index (κ3) is 3.59. The lowest BCUT2D eigenvalue weighted by molar-refractivity contribution is -0.127. The minimum Gasteiger partial charge on any atom is -0.444 e. The molecule has 0 unspecified atom stereocenters. The summed E-state index contributed by atoms with van der Waals surface area (Å²) in [5, 5.41) is 0.465. The minimum atomic E-state index is -4.21. The van der Waals surface area contributed by atoms with Crippen molar-refractivity contribution in [2.45, 2.75) is 24.9 Å². The Morgan fingerprint density at radius 1 is 1.32 bits per heavy atom. The van der Waals surface area contributed by atoms with E-state index in [9.17, 15) is 13.2 Å². The van der Waals surface area contributed by atoms with Gasteiger partial charge in [0.25, 0.3) is 0 Å². The van der Waals surface area contributed by atoms with Gasteiger partial charge in [-0.3, -0.25) is 0 Å². The predicted octanol–water partition coefficient (Wildman–Crippen LogP) is 4.65. The Hall–Kier alpha value is -1.30. The molecule has 0 aliphatic heterocycles. The molecule has 0 radical (unpaired) electrons. The molecule has 2 nitrogen and oxygen atoms in total. The molecule has 2 rings (SSSR count). The molecule has 0 fully saturated rings. The Kier molecular flexibility index (Phi) is 3.99. The zero-order chi connectivity index (χ0) is 14.0. The van der Waals surface area contributed by atoms with Crippen molar-refractivity contribution in [3.05, 3.63) is 41.5 Å². The summed E-state index contributed by atoms with van der Waals surface area (Å²) in [4.78, 5) is 4.21. The topological polar surface area (TPSA) is 26.0 Å². The van der Waals surface area contributed by atoms with Gasteiger partial charge in [0, 0.05) is 12.5 Å². The van der Waals surface area contributed by atoms with Crippen LogP contribution in [0.15, 0.2) is 28.7 Å². The van der Waals surface area contributed by atoms with Crippen molar-refractivity contribution in [2.24, 2.45) is 0 Å². The van der Waals surface area contributed by atoms with Gasteiger partial charge >= 0.3 is 6.18 Å². The quantitative estimate of drug-likeness (QED) is 0.764. The fourth-order valence-electron chi connectivity index (χ4n) is 1.85. The number of halogens is 4. The molecule has 0 amide bonds. The molecule has 0 atom stereocenters. The average Bonchev–Trinajstić information content (AvgIpc) is 2.68. The van der Waals surface area contributed by atoms with Gasteiger partial charge in [-0.05, 0) is 11.6 Å². The van der Waals surface area contributed by atoms with E-state index in [1.165, 1.54) is 12.1 Å². The number of oxazole rings is 1. The molecule has 0 N–H and O–H groups in total. The first-order chi connectivity index (χ1) is 8.89. The number of aromatic nitrogens is 1. The van der Waals surface area contributed by atoms with Gasteiger partial charge in [0.2, 0.25) is 0 Å². The maximum Gasteiger partial charge on any atom is 0.393 e. The van der Waals surface area contributed by atoms with Crippen molar-refractivity contribution in [1.82, 2.24) is 4.98 Å². The number of hydrogen-bond donors (Lipinski definition) is 0. The van der Waals surface area contributed by atoms with E-state index in [1.807, 2.05) is 0 Å². The van der Waals surface area contributed by atoms with E-state index in [1.54, 1.807) is 19.1 Å². The average molecular weight is 334 g/mol. The number of hydrogen-bond acceptors (Lipinski definition) is 2. The van der Waals surface area contributed by atoms with Crippen molar-refractivity contribution < 1.29 is 17.6 Å². The van der Waals surface area contributed by atoms with E-state index >= 15 is 0 Å². The standard InChI is InChI=1S/C13H11BrF3NO/c1-8-18-12(11(7-14)19-8)10-4-2-3-9(5-10)6-13(15,16)17/h2-5H,6-7H2,1H3. The van der Waals surface area contributed by atoms with Crippen LogP contribution in [0, 0.1) is 6.92 Å². The first-order valence-corrected chi connectivity index (χ1v) is 6.69. The smallest absolute Gasteiger partial charge is 0.393 e. The second-order valence-corrected chi connectivity index (χ2v) is 4.69. The number of benzene rings is 1. The second-order valence-electron chi connectivity index (χ2n) is 4.13. The molecule has 19 heavy (non-hydrogen) atoms. The Bertz CT molecular complexity index is 578. The van der Waals surface area contributed by atoms with Crippen LogP contribution in [0.1, 0.15) is 17.2 Å². The van der Waals surface area contributed by atoms with Crippen LogP contribution in [0.4, 0.5) is 13.2 Å². The van der Waals surface area contributed by atoms with Crippen LogP contribution in [0.3, 0.4) is 0 Å². The molecule has 0 bridgehead atoms. The molecule has 2 aromatic rings. The monoisotopic (exact) mass is 333 g/mol. The van der Waals surface area contributed by atoms with Crippen LogP contribution >= 0.6 is 15.9 Å². The second kappa shape index (κ2) is 5.36. The highest BCUT2D eigenvalue weighted by Crippen LogP contribution is 2.28. The van der Waals surface area contributed by atoms with Gasteiger partial charge in [0.15, 0.2) is 5.89 Å². The number of rotatable bonds is 3. The van der Waals surface area contributed by atoms with Crippen LogP contribution < -0.4 is 0 Å². The zero-order valence-electron chi connectivity index (χ0n) is 10.1. The highest BCUT2D eigenvalue weighted by Gasteiger charge is 2.27. The maximum atomic E-state index is 12.4. The summed E-state index contributed by atoms with van der Waals surface area (Å²) in [6.45, 7) is 1.70. The van der Waals surface area contributed by atoms with Crippen molar-refractivity contribution in [3.8, 4) is 11.3 Å². The fraction of sp³-hybridized carbons (Fsp3) is 0.308. The maximum absolute atomic E-state index is 12.4. The largest absolute Gasteiger partial charge is 0.444 e. The van der Waals surface area contributed by atoms with Crippen molar-refractivity contribution >= 4 is 15.9 Å². The molecule has 0 saturated carbocycles. The van der Waals surface area contributed by atoms with Crippen molar-refractivity contribution in [2.75, 3.05) is 0 Å². The molecular formula is C13H11BrF3NO. The van der Waals surface area contributed by atoms with Gasteiger partial charge in [-0.1, -0.05) is 34.1 Å². The van der Waals surface area contributed by atoms with Gasteiger partial charge in [-0.15, -0.1) is 0 Å². The molecule has 0 aliphatic rings. The van der Waals surface area contributed by atoms with E-state index in [4.69, 9.17) is 4.42 Å². The van der Waals surface area contributed by atoms with Crippen LogP contribution in [0.2, 0.25) is 0 Å². The highest BCUT2D eigenvalue weighted by molar-refractivity contribution is 9.08. The lowest BCUT2D eigenvalue weighted by Crippen LogP contribution is -2.11. The Morgan fingerprint density at radius 3 is 2.68 bits per heavy atom. The molecule has 1 heterocycles. The van der Waals surface area contributed by atoms with Gasteiger partial charge in [0.05, 0.1) is 11.8 Å². The van der Waals surface area contributed by atoms with E-state index in [2.05, 4.69) is 20.9 Å². The molecule has 102 valence electrons. The van der Waals surface area contributed by atoms with Crippen molar-refractivity contribution in [3.63, 3.8) is 0 Å². The Balaban J connectivity index is 2.37. The summed E-state index contributed by atoms with van der Waals surface area (Å²) < 4.78 is 42.5. The molecule has 0 spiro atoms. The molecule has 1 aromatic carbocycles. The van der Waals surface area contributed by atoms with Gasteiger partial charge in [0.1, 0.15) is 11.5 Å². The number of aryl methyl sites for hydroxylation is 1. The van der Waals surface area contributed by atoms with E-state index in [0.29, 0.717) is 28.2 Å². The van der Waals surface area contributed by atoms with Gasteiger partial charge in [-0.25, -0.2) is 4.98 Å². The van der Waals surface area contributed by atoms with Crippen LogP contribution in [-0.4, -0.2) is 11.2 Å². The third-order valence-electron chi connectivity index (χ3n) is 2.53. The lowest BCUT2D eigenvalue weighted by Gasteiger charge is -2.07. The van der Waals surface area contributed by atoms with Gasteiger partial charge < -0.3 is 4.42 Å². The van der Waals surface area contributed by atoms with Crippen molar-refractivity contribution in [1.29, 1.82) is 0 Å². The lowest BCUT2D eigenvalue weighted by atomic mass is 10.1. The summed E-state index contributed by atoms with van der Waals surface area (Å²) in [5.41, 5.74) is 1.43. The Labute approximate surface area is 116 Å². The summed E-state index contributed by atoms with van der Waals surface area (Å²) in [7, 11) is 0. The molecule has 0 aliphatic carbocycles. The predicted molar refractivity (Wildman–Crippen MR) is 69.1 cm³/mol. The minimum absolute atomic E-state index is 0.214. The first-order valence-electron chi connectivity index (χ1n) is 5.57. The zero-order valence-corrected chi connectivity index (χ0v) is 11.7. The SMILES string of the molecule is Cc1nc(-c2cccc(CC(F)(F)F)c2)c(CBr)o1. The van der Waals surface area contributed by atoms with Crippen LogP contribution in [0.25, 0.3) is 11.3 Å². The normalized spacial score (nSPS) is 11.8. The van der Waals surface area contributed by atoms with Crippen LogP contribution in [-0.2, 0) is 11.8 Å². The number of nitrogens with zero attached hydrogens (tertiary/aromatic N) is 1. The third-order valence-corrected chi connectivity index (χ3v) is 3.04. The summed E-state index contributed by atoms with van der Waals surface area (Å²) >= 11 is 3.27. The number of alkyl halides is 4. The molecule has 1 aromatic heterocycles. The van der Waals surface area contributed by atoms with E-state index < -0.39 is 12.6 Å². The summed E-state index contributed by atoms with van der Waals surface area (Å²) in [5.74, 6) is 1.10. The van der Waals surface area contributed by atoms with E-state index in [-0.39, 0.29) is 5.56 Å². The van der Waals surface area contributed by atoms with Gasteiger partial charge in [-0.2, -0.15) is 13.2 Å². The summed E-state index contributed by atoms with van der Waals surface area (Å²) in [6.07, 6.45) is -5.15. The fourth-order valence-corrected chi connectivity index (χ4v) is 2.23. The molecular weight excluding hydrogens is 323 g/mol. The van der Waals surface area contributed by atoms with Crippen LogP contribution in [0.5, 0.6) is 0 Å². The molecule has 6 heteroatoms. The summed E-state index contributed by atoms with van der Waals surface area (Å²) in [6, 6.07) is 6.27. The van der Waals surface area contributed by atoms with E-state index in [0.717, 1.165) is 0 Å². The first kappa shape index (κ1) is 14.1. The Morgan fingerprint density at radius 2 is 2.05 bits per heavy atom. The highest BCUT2D eigenvalue weighted by atomic mass is 79.9.